The van der Waals surface area contributed by atoms with E-state index in [1.54, 1.807) is 24.3 Å². The number of halogens is 2. The molecule has 0 saturated heterocycles. The molecule has 0 spiro atoms. The summed E-state index contributed by atoms with van der Waals surface area (Å²) in [5, 5.41) is 12.2. The Morgan fingerprint density at radius 1 is 1.29 bits per heavy atom. The predicted octanol–water partition coefficient (Wildman–Crippen LogP) is 2.99. The number of hydrogen-bond acceptors (Lipinski definition) is 3. The fourth-order valence-electron chi connectivity index (χ4n) is 1.72. The van der Waals surface area contributed by atoms with E-state index in [2.05, 4.69) is 5.32 Å². The molecule has 2 aromatic rings. The van der Waals surface area contributed by atoms with E-state index in [0.29, 0.717) is 10.7 Å². The van der Waals surface area contributed by atoms with Crippen LogP contribution in [0.25, 0.3) is 0 Å². The molecule has 0 heterocycles. The Hall–Kier alpha value is -2.11. The molecule has 0 radical (unpaired) electrons. The van der Waals surface area contributed by atoms with E-state index in [0.717, 1.165) is 6.07 Å². The van der Waals surface area contributed by atoms with Gasteiger partial charge in [-0.2, -0.15) is 0 Å². The van der Waals surface area contributed by atoms with Crippen molar-refractivity contribution in [2.45, 2.75) is 6.61 Å². The van der Waals surface area contributed by atoms with E-state index in [-0.39, 0.29) is 30.4 Å². The molecule has 0 bridgehead atoms. The molecule has 6 heteroatoms. The predicted molar refractivity (Wildman–Crippen MR) is 77.9 cm³/mol. The fraction of sp³-hybridized carbons (Fsp3) is 0.133. The number of aliphatic hydroxyl groups excluding tert-OH is 1. The quantitative estimate of drug-likeness (QED) is 0.892. The van der Waals surface area contributed by atoms with Crippen molar-refractivity contribution in [2.75, 3.05) is 11.9 Å². The van der Waals surface area contributed by atoms with Crippen molar-refractivity contribution in [3.8, 4) is 5.75 Å². The van der Waals surface area contributed by atoms with Gasteiger partial charge in [-0.3, -0.25) is 4.79 Å². The van der Waals surface area contributed by atoms with Crippen LogP contribution in [-0.4, -0.2) is 17.6 Å². The molecule has 2 aromatic carbocycles. The molecule has 4 nitrogen and oxygen atoms in total. The van der Waals surface area contributed by atoms with E-state index >= 15 is 0 Å². The number of carbonyl (C=O) groups is 1. The summed E-state index contributed by atoms with van der Waals surface area (Å²) in [6, 6.07) is 10.4. The molecule has 2 rings (SSSR count). The molecule has 2 N–H and O–H groups in total. The number of hydrogen-bond donors (Lipinski definition) is 2. The first-order valence-corrected chi connectivity index (χ1v) is 6.54. The van der Waals surface area contributed by atoms with Crippen LogP contribution < -0.4 is 10.1 Å². The summed E-state index contributed by atoms with van der Waals surface area (Å²) in [7, 11) is 0. The zero-order valence-electron chi connectivity index (χ0n) is 11.0. The van der Waals surface area contributed by atoms with Crippen LogP contribution in [0.1, 0.15) is 5.56 Å². The first-order valence-electron chi connectivity index (χ1n) is 6.16. The van der Waals surface area contributed by atoms with E-state index in [1.807, 2.05) is 0 Å². The lowest BCUT2D eigenvalue weighted by atomic mass is 10.2. The van der Waals surface area contributed by atoms with Crippen LogP contribution in [0.3, 0.4) is 0 Å². The smallest absolute Gasteiger partial charge is 0.262 e. The van der Waals surface area contributed by atoms with E-state index in [1.165, 1.54) is 12.1 Å². The van der Waals surface area contributed by atoms with Gasteiger partial charge in [0, 0.05) is 16.3 Å². The first kappa shape index (κ1) is 15.3. The minimum Gasteiger partial charge on any atom is -0.483 e. The molecule has 0 aliphatic rings. The molecule has 0 aliphatic carbocycles. The molecule has 1 amide bonds. The molecule has 0 fully saturated rings. The largest absolute Gasteiger partial charge is 0.483 e. The van der Waals surface area contributed by atoms with Crippen molar-refractivity contribution in [1.82, 2.24) is 0 Å². The minimum absolute atomic E-state index is 0.259. The van der Waals surface area contributed by atoms with E-state index in [4.69, 9.17) is 21.4 Å². The average molecular weight is 310 g/mol. The third kappa shape index (κ3) is 4.44. The van der Waals surface area contributed by atoms with E-state index < -0.39 is 5.82 Å². The van der Waals surface area contributed by atoms with Gasteiger partial charge in [-0.15, -0.1) is 0 Å². The SMILES string of the molecule is O=C(COc1ccc(F)cc1CO)Nc1cccc(Cl)c1. The van der Waals surface area contributed by atoms with Gasteiger partial charge in [0.25, 0.3) is 5.91 Å². The Bertz CT molecular complexity index is 649. The van der Waals surface area contributed by atoms with Gasteiger partial charge < -0.3 is 15.2 Å². The van der Waals surface area contributed by atoms with E-state index in [9.17, 15) is 9.18 Å². The highest BCUT2D eigenvalue weighted by Gasteiger charge is 2.08. The lowest BCUT2D eigenvalue weighted by Crippen LogP contribution is -2.20. The summed E-state index contributed by atoms with van der Waals surface area (Å²) >= 11 is 5.81. The van der Waals surface area contributed by atoms with Crippen LogP contribution >= 0.6 is 11.6 Å². The lowest BCUT2D eigenvalue weighted by Gasteiger charge is -2.10. The number of rotatable bonds is 5. The Morgan fingerprint density at radius 2 is 2.10 bits per heavy atom. The zero-order chi connectivity index (χ0) is 15.2. The molecular weight excluding hydrogens is 297 g/mol. The standard InChI is InChI=1S/C15H13ClFNO3/c16-11-2-1-3-13(7-11)18-15(20)9-21-14-5-4-12(17)6-10(14)8-19/h1-7,19H,8-9H2,(H,18,20). The summed E-state index contributed by atoms with van der Waals surface area (Å²) in [5.41, 5.74) is 0.836. The van der Waals surface area contributed by atoms with Gasteiger partial charge >= 0.3 is 0 Å². The topological polar surface area (TPSA) is 58.6 Å². The Kier molecular flexibility index (Phi) is 5.14. The summed E-state index contributed by atoms with van der Waals surface area (Å²) in [4.78, 5) is 11.7. The monoisotopic (exact) mass is 309 g/mol. The number of nitrogens with one attached hydrogen (secondary N) is 1. The van der Waals surface area contributed by atoms with Gasteiger partial charge in [0.05, 0.1) is 6.61 Å². The molecule has 0 atom stereocenters. The van der Waals surface area contributed by atoms with Gasteiger partial charge in [0.15, 0.2) is 6.61 Å². The number of aliphatic hydroxyl groups is 1. The minimum atomic E-state index is -0.477. The highest BCUT2D eigenvalue weighted by molar-refractivity contribution is 6.30. The molecule has 0 saturated carbocycles. The van der Waals surface area contributed by atoms with Crippen LogP contribution in [0, 0.1) is 5.82 Å². The highest BCUT2D eigenvalue weighted by Crippen LogP contribution is 2.20. The van der Waals surface area contributed by atoms with Crippen molar-refractivity contribution in [3.63, 3.8) is 0 Å². The van der Waals surface area contributed by atoms with Crippen LogP contribution in [0.2, 0.25) is 5.02 Å². The van der Waals surface area contributed by atoms with Gasteiger partial charge in [-0.25, -0.2) is 4.39 Å². The third-order valence-corrected chi connectivity index (χ3v) is 2.90. The maximum absolute atomic E-state index is 13.0. The number of amides is 1. The molecule has 0 aromatic heterocycles. The normalized spacial score (nSPS) is 10.2. The second-order valence-corrected chi connectivity index (χ2v) is 4.69. The first-order chi connectivity index (χ1) is 10.1. The van der Waals surface area contributed by atoms with Crippen molar-refractivity contribution < 1.29 is 19.0 Å². The summed E-state index contributed by atoms with van der Waals surface area (Å²) < 4.78 is 18.3. The highest BCUT2D eigenvalue weighted by atomic mass is 35.5. The summed E-state index contributed by atoms with van der Waals surface area (Å²) in [6.45, 7) is -0.631. The van der Waals surface area contributed by atoms with Gasteiger partial charge in [-0.05, 0) is 36.4 Å². The summed E-state index contributed by atoms with van der Waals surface area (Å²) in [5.74, 6) is -0.597. The molecular formula is C15H13ClFNO3. The molecule has 21 heavy (non-hydrogen) atoms. The number of anilines is 1. The van der Waals surface area contributed by atoms with Gasteiger partial charge in [0.1, 0.15) is 11.6 Å². The number of carbonyl (C=O) groups excluding carboxylic acids is 1. The maximum Gasteiger partial charge on any atom is 0.262 e. The van der Waals surface area contributed by atoms with Gasteiger partial charge in [0.2, 0.25) is 0 Å². The Morgan fingerprint density at radius 3 is 2.81 bits per heavy atom. The van der Waals surface area contributed by atoms with Crippen molar-refractivity contribution >= 4 is 23.2 Å². The fourth-order valence-corrected chi connectivity index (χ4v) is 1.91. The molecule has 0 unspecified atom stereocenters. The van der Waals surface area contributed by atoms with Crippen molar-refractivity contribution in [3.05, 3.63) is 58.9 Å². The van der Waals surface area contributed by atoms with Crippen LogP contribution in [-0.2, 0) is 11.4 Å². The van der Waals surface area contributed by atoms with Crippen molar-refractivity contribution in [1.29, 1.82) is 0 Å². The third-order valence-electron chi connectivity index (χ3n) is 2.66. The zero-order valence-corrected chi connectivity index (χ0v) is 11.7. The Balaban J connectivity index is 1.95. The molecule has 0 aliphatic heterocycles. The van der Waals surface area contributed by atoms with Crippen LogP contribution in [0.5, 0.6) is 5.75 Å². The van der Waals surface area contributed by atoms with Gasteiger partial charge in [-0.1, -0.05) is 17.7 Å². The second-order valence-electron chi connectivity index (χ2n) is 4.26. The lowest BCUT2D eigenvalue weighted by molar-refractivity contribution is -0.118. The van der Waals surface area contributed by atoms with Crippen LogP contribution in [0.15, 0.2) is 42.5 Å². The maximum atomic E-state index is 13.0. The van der Waals surface area contributed by atoms with Crippen molar-refractivity contribution in [2.24, 2.45) is 0 Å². The summed E-state index contributed by atoms with van der Waals surface area (Å²) in [6.07, 6.45) is 0. The number of ether oxygens (including phenoxy) is 1. The average Bonchev–Trinajstić information content (AvgIpc) is 2.45. The number of benzene rings is 2. The molecule has 110 valence electrons. The Labute approximate surface area is 126 Å². The van der Waals surface area contributed by atoms with Crippen LogP contribution in [0.4, 0.5) is 10.1 Å². The second kappa shape index (κ2) is 7.06.